The van der Waals surface area contributed by atoms with Crippen LogP contribution < -0.4 is 10.1 Å². The lowest BCUT2D eigenvalue weighted by atomic mass is 10.0. The van der Waals surface area contributed by atoms with Gasteiger partial charge >= 0.3 is 5.97 Å². The van der Waals surface area contributed by atoms with Gasteiger partial charge in [-0.3, -0.25) is 9.59 Å². The smallest absolute Gasteiger partial charge is 0.305 e. The summed E-state index contributed by atoms with van der Waals surface area (Å²) < 4.78 is 5.61. The molecule has 0 saturated carbocycles. The molecule has 1 unspecified atom stereocenters. The predicted octanol–water partition coefficient (Wildman–Crippen LogP) is 3.01. The van der Waals surface area contributed by atoms with E-state index in [1.54, 1.807) is 12.1 Å². The molecule has 0 aliphatic rings. The minimum absolute atomic E-state index is 0.158. The van der Waals surface area contributed by atoms with Crippen molar-refractivity contribution >= 4 is 11.9 Å². The summed E-state index contributed by atoms with van der Waals surface area (Å²) in [6, 6.07) is 14.2. The zero-order valence-electron chi connectivity index (χ0n) is 13.8. The van der Waals surface area contributed by atoms with Crippen LogP contribution in [-0.4, -0.2) is 23.6 Å². The number of aliphatic carboxylic acids is 1. The molecule has 5 nitrogen and oxygen atoms in total. The number of nitrogens with one attached hydrogen (secondary N) is 1. The highest BCUT2D eigenvalue weighted by molar-refractivity contribution is 5.79. The number of carbonyl (C=O) groups excluding carboxylic acids is 1. The zero-order valence-corrected chi connectivity index (χ0v) is 13.8. The monoisotopic (exact) mass is 327 g/mol. The Morgan fingerprint density at radius 1 is 1.04 bits per heavy atom. The fourth-order valence-corrected chi connectivity index (χ4v) is 2.51. The highest BCUT2D eigenvalue weighted by Gasteiger charge is 2.18. The van der Waals surface area contributed by atoms with Gasteiger partial charge in [0.1, 0.15) is 5.75 Å². The van der Waals surface area contributed by atoms with Gasteiger partial charge in [-0.15, -0.1) is 0 Å². The molecule has 2 rings (SSSR count). The van der Waals surface area contributed by atoms with Crippen LogP contribution in [0.15, 0.2) is 48.5 Å². The molecule has 0 bridgehead atoms. The molecule has 1 amide bonds. The minimum Gasteiger partial charge on any atom is -0.483 e. The summed E-state index contributed by atoms with van der Waals surface area (Å²) in [7, 11) is 0. The standard InChI is InChI=1S/C19H21NO4/c1-13-7-6-8-14(2)19(13)24-12-17(21)20-16(11-18(22)23)15-9-4-3-5-10-15/h3-10,16H,11-12H2,1-2H3,(H,20,21)(H,22,23). The van der Waals surface area contributed by atoms with Crippen molar-refractivity contribution in [1.82, 2.24) is 5.32 Å². The third-order valence-electron chi connectivity index (χ3n) is 3.67. The Morgan fingerprint density at radius 2 is 1.67 bits per heavy atom. The number of carboxylic acids is 1. The molecular formula is C19H21NO4. The molecule has 0 radical (unpaired) electrons. The van der Waals surface area contributed by atoms with Crippen LogP contribution >= 0.6 is 0 Å². The highest BCUT2D eigenvalue weighted by Crippen LogP contribution is 2.22. The van der Waals surface area contributed by atoms with Crippen molar-refractivity contribution in [3.05, 3.63) is 65.2 Å². The first-order chi connectivity index (χ1) is 11.5. The molecule has 0 saturated heterocycles. The van der Waals surface area contributed by atoms with Crippen LogP contribution in [0.2, 0.25) is 0 Å². The van der Waals surface area contributed by atoms with Crippen molar-refractivity contribution in [2.24, 2.45) is 0 Å². The number of carboxylic acid groups (broad SMARTS) is 1. The molecule has 2 aromatic carbocycles. The molecule has 0 aliphatic heterocycles. The van der Waals surface area contributed by atoms with Crippen LogP contribution in [0.3, 0.4) is 0 Å². The third-order valence-corrected chi connectivity index (χ3v) is 3.67. The molecule has 0 aromatic heterocycles. The van der Waals surface area contributed by atoms with E-state index in [9.17, 15) is 9.59 Å². The van der Waals surface area contributed by atoms with Gasteiger partial charge in [0, 0.05) is 0 Å². The molecule has 126 valence electrons. The maximum absolute atomic E-state index is 12.2. The second kappa shape index (κ2) is 8.15. The topological polar surface area (TPSA) is 75.6 Å². The number of benzene rings is 2. The molecule has 24 heavy (non-hydrogen) atoms. The molecular weight excluding hydrogens is 306 g/mol. The fourth-order valence-electron chi connectivity index (χ4n) is 2.51. The van der Waals surface area contributed by atoms with E-state index in [2.05, 4.69) is 5.32 Å². The zero-order chi connectivity index (χ0) is 17.5. The lowest BCUT2D eigenvalue weighted by molar-refractivity contribution is -0.137. The second-order valence-electron chi connectivity index (χ2n) is 5.64. The first kappa shape index (κ1) is 17.5. The predicted molar refractivity (Wildman–Crippen MR) is 91.0 cm³/mol. The maximum Gasteiger partial charge on any atom is 0.305 e. The Labute approximate surface area is 141 Å². The SMILES string of the molecule is Cc1cccc(C)c1OCC(=O)NC(CC(=O)O)c1ccccc1. The average molecular weight is 327 g/mol. The van der Waals surface area contributed by atoms with Crippen LogP contribution in [0.25, 0.3) is 0 Å². The first-order valence-electron chi connectivity index (χ1n) is 7.72. The van der Waals surface area contributed by atoms with E-state index in [1.807, 2.05) is 50.2 Å². The summed E-state index contributed by atoms with van der Waals surface area (Å²) in [6.45, 7) is 3.67. The van der Waals surface area contributed by atoms with E-state index in [-0.39, 0.29) is 18.9 Å². The summed E-state index contributed by atoms with van der Waals surface area (Å²) in [5, 5.41) is 11.8. The Morgan fingerprint density at radius 3 is 2.25 bits per heavy atom. The Hall–Kier alpha value is -2.82. The van der Waals surface area contributed by atoms with Crippen LogP contribution in [0, 0.1) is 13.8 Å². The maximum atomic E-state index is 12.2. The molecule has 0 heterocycles. The van der Waals surface area contributed by atoms with Crippen molar-refractivity contribution in [2.75, 3.05) is 6.61 Å². The molecule has 2 N–H and O–H groups in total. The Kier molecular flexibility index (Phi) is 5.95. The van der Waals surface area contributed by atoms with Crippen molar-refractivity contribution in [2.45, 2.75) is 26.3 Å². The number of aryl methyl sites for hydroxylation is 2. The van der Waals surface area contributed by atoms with Crippen molar-refractivity contribution in [1.29, 1.82) is 0 Å². The van der Waals surface area contributed by atoms with E-state index in [4.69, 9.17) is 9.84 Å². The Balaban J connectivity index is 2.01. The molecule has 0 fully saturated rings. The van der Waals surface area contributed by atoms with Gasteiger partial charge in [-0.1, -0.05) is 48.5 Å². The normalized spacial score (nSPS) is 11.6. The number of carbonyl (C=O) groups is 2. The molecule has 0 spiro atoms. The van der Waals surface area contributed by atoms with Crippen LogP contribution in [-0.2, 0) is 9.59 Å². The van der Waals surface area contributed by atoms with Gasteiger partial charge in [0.2, 0.25) is 0 Å². The van der Waals surface area contributed by atoms with Gasteiger partial charge in [0.05, 0.1) is 12.5 Å². The van der Waals surface area contributed by atoms with Crippen LogP contribution in [0.4, 0.5) is 0 Å². The fraction of sp³-hybridized carbons (Fsp3) is 0.263. The summed E-state index contributed by atoms with van der Waals surface area (Å²) in [4.78, 5) is 23.2. The largest absolute Gasteiger partial charge is 0.483 e. The van der Waals surface area contributed by atoms with E-state index >= 15 is 0 Å². The van der Waals surface area contributed by atoms with E-state index < -0.39 is 12.0 Å². The van der Waals surface area contributed by atoms with Crippen molar-refractivity contribution < 1.29 is 19.4 Å². The molecule has 1 atom stereocenters. The first-order valence-corrected chi connectivity index (χ1v) is 7.72. The van der Waals surface area contributed by atoms with Crippen molar-refractivity contribution in [3.8, 4) is 5.75 Å². The van der Waals surface area contributed by atoms with Crippen LogP contribution in [0.1, 0.15) is 29.2 Å². The van der Waals surface area contributed by atoms with Gasteiger partial charge in [0.15, 0.2) is 6.61 Å². The van der Waals surface area contributed by atoms with E-state index in [0.717, 1.165) is 16.7 Å². The summed E-state index contributed by atoms with van der Waals surface area (Å²) in [5.74, 6) is -0.644. The second-order valence-corrected chi connectivity index (χ2v) is 5.64. The molecule has 5 heteroatoms. The van der Waals surface area contributed by atoms with Gasteiger partial charge in [-0.05, 0) is 30.5 Å². The van der Waals surface area contributed by atoms with Crippen LogP contribution in [0.5, 0.6) is 5.75 Å². The minimum atomic E-state index is -0.972. The number of para-hydroxylation sites is 1. The summed E-state index contributed by atoms with van der Waals surface area (Å²) in [6.07, 6.45) is -0.181. The molecule has 2 aromatic rings. The Bertz CT molecular complexity index is 692. The lowest BCUT2D eigenvalue weighted by Gasteiger charge is -2.18. The number of rotatable bonds is 7. The summed E-state index contributed by atoms with van der Waals surface area (Å²) >= 11 is 0. The third kappa shape index (κ3) is 4.84. The van der Waals surface area contributed by atoms with Crippen molar-refractivity contribution in [3.63, 3.8) is 0 Å². The number of hydrogen-bond donors (Lipinski definition) is 2. The van der Waals surface area contributed by atoms with Gasteiger partial charge < -0.3 is 15.2 Å². The molecule has 0 aliphatic carbocycles. The average Bonchev–Trinajstić information content (AvgIpc) is 2.54. The number of amides is 1. The van der Waals surface area contributed by atoms with Gasteiger partial charge in [0.25, 0.3) is 5.91 Å². The van der Waals surface area contributed by atoms with Gasteiger partial charge in [-0.2, -0.15) is 0 Å². The number of hydrogen-bond acceptors (Lipinski definition) is 3. The van der Waals surface area contributed by atoms with E-state index in [1.165, 1.54) is 0 Å². The summed E-state index contributed by atoms with van der Waals surface area (Å²) in [5.41, 5.74) is 2.65. The quantitative estimate of drug-likeness (QED) is 0.819. The van der Waals surface area contributed by atoms with E-state index in [0.29, 0.717) is 5.75 Å². The van der Waals surface area contributed by atoms with Gasteiger partial charge in [-0.25, -0.2) is 0 Å². The lowest BCUT2D eigenvalue weighted by Crippen LogP contribution is -2.34. The highest BCUT2D eigenvalue weighted by atomic mass is 16.5. The number of ether oxygens (including phenoxy) is 1.